The van der Waals surface area contributed by atoms with Crippen LogP contribution in [0.1, 0.15) is 36.7 Å². The Morgan fingerprint density at radius 2 is 1.91 bits per heavy atom. The van der Waals surface area contributed by atoms with E-state index in [1.807, 2.05) is 32.0 Å². The first-order valence-electron chi connectivity index (χ1n) is 10.8. The number of aromatic nitrogens is 2. The van der Waals surface area contributed by atoms with Crippen molar-refractivity contribution in [2.45, 2.75) is 26.4 Å². The van der Waals surface area contributed by atoms with Crippen LogP contribution in [0.5, 0.6) is 11.5 Å². The van der Waals surface area contributed by atoms with Crippen molar-refractivity contribution >= 4 is 55.6 Å². The Labute approximate surface area is 224 Å². The molecule has 0 atom stereocenters. The summed E-state index contributed by atoms with van der Waals surface area (Å²) in [7, 11) is 1.56. The van der Waals surface area contributed by atoms with Gasteiger partial charge in [-0.25, -0.2) is 9.37 Å². The molecule has 6 nitrogen and oxygen atoms in total. The molecule has 0 unspecified atom stereocenters. The SMILES string of the molecule is COc1cc(C=Nn2c(C(C)C)nc3ccc(Br)cc3c2=O)cc(I)c1OCc1ccc(F)cc1. The van der Waals surface area contributed by atoms with Gasteiger partial charge in [-0.2, -0.15) is 9.78 Å². The number of benzene rings is 3. The fraction of sp³-hybridized carbons (Fsp3) is 0.192. The summed E-state index contributed by atoms with van der Waals surface area (Å²) in [6.45, 7) is 4.21. The van der Waals surface area contributed by atoms with Gasteiger partial charge in [0.2, 0.25) is 0 Å². The van der Waals surface area contributed by atoms with E-state index in [9.17, 15) is 9.18 Å². The van der Waals surface area contributed by atoms with E-state index in [0.29, 0.717) is 28.2 Å². The number of halogens is 3. The van der Waals surface area contributed by atoms with Crippen molar-refractivity contribution < 1.29 is 13.9 Å². The van der Waals surface area contributed by atoms with Crippen molar-refractivity contribution in [3.8, 4) is 11.5 Å². The standard InChI is InChI=1S/C26H22BrFIN3O3/c1-15(2)25-31-22-9-6-18(27)12-20(22)26(33)32(25)30-13-17-10-21(29)24(23(11-17)34-3)35-14-16-4-7-19(28)8-5-16/h4-13,15H,14H2,1-3H3. The first kappa shape index (κ1) is 25.3. The zero-order valence-electron chi connectivity index (χ0n) is 19.3. The fourth-order valence-electron chi connectivity index (χ4n) is 3.47. The maximum atomic E-state index is 13.2. The second-order valence-corrected chi connectivity index (χ2v) is 10.2. The van der Waals surface area contributed by atoms with Crippen LogP contribution in [-0.2, 0) is 6.61 Å². The van der Waals surface area contributed by atoms with Gasteiger partial charge in [-0.3, -0.25) is 4.79 Å². The Morgan fingerprint density at radius 3 is 2.60 bits per heavy atom. The molecule has 1 heterocycles. The third kappa shape index (κ3) is 5.72. The number of methoxy groups -OCH3 is 1. The van der Waals surface area contributed by atoms with Crippen molar-refractivity contribution in [1.29, 1.82) is 0 Å². The lowest BCUT2D eigenvalue weighted by Crippen LogP contribution is -2.23. The normalized spacial score (nSPS) is 11.5. The molecule has 3 aromatic carbocycles. The number of hydrogen-bond acceptors (Lipinski definition) is 5. The van der Waals surface area contributed by atoms with Crippen LogP contribution in [0, 0.1) is 9.39 Å². The number of hydrogen-bond donors (Lipinski definition) is 0. The van der Waals surface area contributed by atoms with Gasteiger partial charge in [-0.15, -0.1) is 0 Å². The summed E-state index contributed by atoms with van der Waals surface area (Å²) in [4.78, 5) is 17.9. The van der Waals surface area contributed by atoms with Crippen LogP contribution >= 0.6 is 38.5 Å². The summed E-state index contributed by atoms with van der Waals surface area (Å²) in [6.07, 6.45) is 1.60. The average Bonchev–Trinajstić information content (AvgIpc) is 2.83. The molecule has 4 aromatic rings. The first-order chi connectivity index (χ1) is 16.8. The first-order valence-corrected chi connectivity index (χ1v) is 12.7. The van der Waals surface area contributed by atoms with Crippen LogP contribution in [0.15, 0.2) is 69.0 Å². The van der Waals surface area contributed by atoms with Crippen LogP contribution in [0.3, 0.4) is 0 Å². The van der Waals surface area contributed by atoms with Crippen molar-refractivity contribution in [3.63, 3.8) is 0 Å². The molecule has 0 radical (unpaired) electrons. The Hall–Kier alpha value is -2.79. The smallest absolute Gasteiger partial charge is 0.282 e. The summed E-state index contributed by atoms with van der Waals surface area (Å²) in [5.41, 5.74) is 1.96. The fourth-order valence-corrected chi connectivity index (χ4v) is 4.61. The largest absolute Gasteiger partial charge is 0.493 e. The zero-order chi connectivity index (χ0) is 25.1. The van der Waals surface area contributed by atoms with Gasteiger partial charge in [-0.1, -0.05) is 41.9 Å². The molecule has 4 rings (SSSR count). The minimum atomic E-state index is -0.293. The monoisotopic (exact) mass is 649 g/mol. The van der Waals surface area contributed by atoms with E-state index in [1.54, 1.807) is 37.6 Å². The molecule has 9 heteroatoms. The van der Waals surface area contributed by atoms with E-state index in [-0.39, 0.29) is 23.9 Å². The number of rotatable bonds is 7. The highest BCUT2D eigenvalue weighted by atomic mass is 127. The van der Waals surface area contributed by atoms with E-state index in [1.165, 1.54) is 16.8 Å². The molecule has 0 saturated heterocycles. The van der Waals surface area contributed by atoms with E-state index in [0.717, 1.165) is 19.2 Å². The second-order valence-electron chi connectivity index (χ2n) is 8.10. The van der Waals surface area contributed by atoms with Gasteiger partial charge in [0.15, 0.2) is 11.5 Å². The second kappa shape index (κ2) is 10.9. The summed E-state index contributed by atoms with van der Waals surface area (Å²) in [6, 6.07) is 15.3. The quantitative estimate of drug-likeness (QED) is 0.169. The Morgan fingerprint density at radius 1 is 1.17 bits per heavy atom. The van der Waals surface area contributed by atoms with E-state index in [2.05, 4.69) is 48.6 Å². The van der Waals surface area contributed by atoms with E-state index >= 15 is 0 Å². The van der Waals surface area contributed by atoms with Gasteiger partial charge in [-0.05, 0) is 76.2 Å². The molecule has 1 aromatic heterocycles. The van der Waals surface area contributed by atoms with Crippen LogP contribution in [0.2, 0.25) is 0 Å². The Balaban J connectivity index is 1.68. The molecular weight excluding hydrogens is 628 g/mol. The van der Waals surface area contributed by atoms with Gasteiger partial charge in [0.1, 0.15) is 18.2 Å². The van der Waals surface area contributed by atoms with Crippen molar-refractivity contribution in [2.75, 3.05) is 7.11 Å². The third-order valence-corrected chi connectivity index (χ3v) is 6.51. The molecule has 0 aliphatic rings. The lowest BCUT2D eigenvalue weighted by atomic mass is 10.2. The lowest BCUT2D eigenvalue weighted by Gasteiger charge is -2.14. The van der Waals surface area contributed by atoms with Crippen LogP contribution < -0.4 is 15.0 Å². The molecule has 0 aliphatic heterocycles. The van der Waals surface area contributed by atoms with Gasteiger partial charge in [0.05, 0.1) is 27.8 Å². The lowest BCUT2D eigenvalue weighted by molar-refractivity contribution is 0.282. The van der Waals surface area contributed by atoms with Crippen molar-refractivity contribution in [1.82, 2.24) is 9.66 Å². The molecule has 35 heavy (non-hydrogen) atoms. The summed E-state index contributed by atoms with van der Waals surface area (Å²) in [5, 5.41) is 4.98. The van der Waals surface area contributed by atoms with Crippen molar-refractivity contribution in [3.05, 3.63) is 95.8 Å². The van der Waals surface area contributed by atoms with Crippen LogP contribution in [0.25, 0.3) is 10.9 Å². The maximum absolute atomic E-state index is 13.2. The van der Waals surface area contributed by atoms with Gasteiger partial charge >= 0.3 is 0 Å². The minimum Gasteiger partial charge on any atom is -0.493 e. The van der Waals surface area contributed by atoms with Gasteiger partial charge in [0, 0.05) is 10.4 Å². The summed E-state index contributed by atoms with van der Waals surface area (Å²) >= 11 is 5.58. The minimum absolute atomic E-state index is 0.00944. The highest BCUT2D eigenvalue weighted by Gasteiger charge is 2.15. The summed E-state index contributed by atoms with van der Waals surface area (Å²) in [5.74, 6) is 1.37. The maximum Gasteiger partial charge on any atom is 0.282 e. The average molecular weight is 650 g/mol. The number of nitrogens with zero attached hydrogens (tertiary/aromatic N) is 3. The molecule has 0 spiro atoms. The third-order valence-electron chi connectivity index (χ3n) is 5.22. The number of ether oxygens (including phenoxy) is 2. The molecule has 0 saturated carbocycles. The molecule has 0 N–H and O–H groups in total. The molecule has 0 aliphatic carbocycles. The van der Waals surface area contributed by atoms with Crippen LogP contribution in [0.4, 0.5) is 4.39 Å². The van der Waals surface area contributed by atoms with Crippen molar-refractivity contribution in [2.24, 2.45) is 5.10 Å². The Bertz CT molecular complexity index is 1470. The summed E-state index contributed by atoms with van der Waals surface area (Å²) < 4.78 is 27.6. The molecule has 180 valence electrons. The molecular formula is C26H22BrFIN3O3. The zero-order valence-corrected chi connectivity index (χ0v) is 23.0. The van der Waals surface area contributed by atoms with Gasteiger partial charge in [0.25, 0.3) is 5.56 Å². The molecule has 0 fully saturated rings. The highest BCUT2D eigenvalue weighted by Crippen LogP contribution is 2.34. The van der Waals surface area contributed by atoms with Crippen LogP contribution in [-0.4, -0.2) is 23.0 Å². The van der Waals surface area contributed by atoms with E-state index < -0.39 is 0 Å². The number of fused-ring (bicyclic) bond motifs is 1. The highest BCUT2D eigenvalue weighted by molar-refractivity contribution is 14.1. The predicted octanol–water partition coefficient (Wildman–Crippen LogP) is 6.50. The Kier molecular flexibility index (Phi) is 7.85. The predicted molar refractivity (Wildman–Crippen MR) is 147 cm³/mol. The topological polar surface area (TPSA) is 65.7 Å². The molecule has 0 bridgehead atoms. The van der Waals surface area contributed by atoms with Gasteiger partial charge < -0.3 is 9.47 Å². The molecule has 0 amide bonds. The van der Waals surface area contributed by atoms with E-state index in [4.69, 9.17) is 9.47 Å².